The molecule has 1 aromatic carbocycles. The number of para-hydroxylation sites is 1. The lowest BCUT2D eigenvalue weighted by atomic mass is 10.0. The summed E-state index contributed by atoms with van der Waals surface area (Å²) in [7, 11) is 0. The molecule has 2 aromatic rings. The molecular weight excluding hydrogens is 347 g/mol. The maximum atomic E-state index is 12.5. The van der Waals surface area contributed by atoms with E-state index in [0.717, 1.165) is 25.9 Å². The fourth-order valence-corrected chi connectivity index (χ4v) is 3.28. The van der Waals surface area contributed by atoms with Gasteiger partial charge in [-0.25, -0.2) is 9.97 Å². The summed E-state index contributed by atoms with van der Waals surface area (Å²) in [4.78, 5) is 22.8. The second kappa shape index (κ2) is 7.36. The Morgan fingerprint density at radius 1 is 1.25 bits per heavy atom. The Kier molecular flexibility index (Phi) is 5.21. The van der Waals surface area contributed by atoms with E-state index in [9.17, 15) is 4.79 Å². The molecule has 1 unspecified atom stereocenters. The van der Waals surface area contributed by atoms with Crippen molar-refractivity contribution in [3.05, 3.63) is 46.3 Å². The lowest BCUT2D eigenvalue weighted by Gasteiger charge is -2.30. The van der Waals surface area contributed by atoms with E-state index in [4.69, 9.17) is 23.2 Å². The van der Waals surface area contributed by atoms with Crippen LogP contribution in [0.25, 0.3) is 0 Å². The van der Waals surface area contributed by atoms with E-state index in [1.807, 2.05) is 4.90 Å². The number of benzene rings is 1. The van der Waals surface area contributed by atoms with Gasteiger partial charge >= 0.3 is 0 Å². The SMILES string of the molecule is CC1CCCN(C(=O)c2cnc(Nc3c(Cl)cccc3Cl)cn2)C1. The van der Waals surface area contributed by atoms with Gasteiger partial charge in [0.15, 0.2) is 0 Å². The largest absolute Gasteiger partial charge is 0.337 e. The number of aromatic nitrogens is 2. The summed E-state index contributed by atoms with van der Waals surface area (Å²) in [6.45, 7) is 3.71. The van der Waals surface area contributed by atoms with E-state index in [2.05, 4.69) is 22.2 Å². The van der Waals surface area contributed by atoms with E-state index < -0.39 is 0 Å². The zero-order valence-electron chi connectivity index (χ0n) is 13.3. The standard InChI is InChI=1S/C17H18Cl2N4O/c1-11-4-3-7-23(10-11)17(24)14-8-21-15(9-20-14)22-16-12(18)5-2-6-13(16)19/h2,5-6,8-9,11H,3-4,7,10H2,1H3,(H,21,22). The van der Waals surface area contributed by atoms with Crippen LogP contribution in [0.3, 0.4) is 0 Å². The van der Waals surface area contributed by atoms with Gasteiger partial charge in [0.25, 0.3) is 5.91 Å². The van der Waals surface area contributed by atoms with Crippen LogP contribution in [0.4, 0.5) is 11.5 Å². The van der Waals surface area contributed by atoms with Crippen LogP contribution in [0.5, 0.6) is 0 Å². The average molecular weight is 365 g/mol. The lowest BCUT2D eigenvalue weighted by molar-refractivity contribution is 0.0676. The fourth-order valence-electron chi connectivity index (χ4n) is 2.78. The molecule has 0 spiro atoms. The first-order valence-corrected chi connectivity index (χ1v) is 8.62. The number of nitrogens with one attached hydrogen (secondary N) is 1. The van der Waals surface area contributed by atoms with Crippen molar-refractivity contribution in [3.8, 4) is 0 Å². The van der Waals surface area contributed by atoms with Crippen LogP contribution < -0.4 is 5.32 Å². The van der Waals surface area contributed by atoms with Gasteiger partial charge in [0, 0.05) is 13.1 Å². The molecule has 3 rings (SSSR count). The Hall–Kier alpha value is -1.85. The highest BCUT2D eigenvalue weighted by Gasteiger charge is 2.23. The van der Waals surface area contributed by atoms with Crippen LogP contribution in [0.1, 0.15) is 30.3 Å². The zero-order chi connectivity index (χ0) is 17.1. The molecule has 1 amide bonds. The number of piperidine rings is 1. The Balaban J connectivity index is 1.72. The number of carbonyl (C=O) groups excluding carboxylic acids is 1. The molecule has 126 valence electrons. The average Bonchev–Trinajstić information content (AvgIpc) is 2.58. The van der Waals surface area contributed by atoms with Crippen LogP contribution in [0.15, 0.2) is 30.6 Å². The van der Waals surface area contributed by atoms with Crippen LogP contribution >= 0.6 is 23.2 Å². The third-order valence-electron chi connectivity index (χ3n) is 4.03. The number of nitrogens with zero attached hydrogens (tertiary/aromatic N) is 3. The highest BCUT2D eigenvalue weighted by molar-refractivity contribution is 6.39. The number of hydrogen-bond donors (Lipinski definition) is 1. The van der Waals surface area contributed by atoms with Crippen molar-refractivity contribution >= 4 is 40.6 Å². The Labute approximate surface area is 151 Å². The molecule has 1 atom stereocenters. The predicted molar refractivity (Wildman–Crippen MR) is 96.1 cm³/mol. The quantitative estimate of drug-likeness (QED) is 0.876. The topological polar surface area (TPSA) is 58.1 Å². The van der Waals surface area contributed by atoms with E-state index >= 15 is 0 Å². The summed E-state index contributed by atoms with van der Waals surface area (Å²) in [5.74, 6) is 0.934. The highest BCUT2D eigenvalue weighted by atomic mass is 35.5. The van der Waals surface area contributed by atoms with Crippen molar-refractivity contribution in [2.75, 3.05) is 18.4 Å². The van der Waals surface area contributed by atoms with Crippen molar-refractivity contribution in [2.24, 2.45) is 5.92 Å². The van der Waals surface area contributed by atoms with Gasteiger partial charge < -0.3 is 10.2 Å². The lowest BCUT2D eigenvalue weighted by Crippen LogP contribution is -2.39. The summed E-state index contributed by atoms with van der Waals surface area (Å²) < 4.78 is 0. The van der Waals surface area contributed by atoms with Gasteiger partial charge in [0.1, 0.15) is 11.5 Å². The summed E-state index contributed by atoms with van der Waals surface area (Å²) in [6, 6.07) is 5.24. The smallest absolute Gasteiger partial charge is 0.274 e. The zero-order valence-corrected chi connectivity index (χ0v) is 14.8. The normalized spacial score (nSPS) is 17.6. The number of anilines is 2. The van der Waals surface area contributed by atoms with Crippen LogP contribution in [0, 0.1) is 5.92 Å². The molecule has 0 bridgehead atoms. The van der Waals surface area contributed by atoms with Gasteiger partial charge in [-0.15, -0.1) is 0 Å². The van der Waals surface area contributed by atoms with E-state index in [0.29, 0.717) is 33.2 Å². The molecule has 24 heavy (non-hydrogen) atoms. The summed E-state index contributed by atoms with van der Waals surface area (Å²) in [5, 5.41) is 4.02. The van der Waals surface area contributed by atoms with Gasteiger partial charge in [0.05, 0.1) is 28.1 Å². The number of hydrogen-bond acceptors (Lipinski definition) is 4. The third-order valence-corrected chi connectivity index (χ3v) is 4.66. The van der Waals surface area contributed by atoms with E-state index in [1.54, 1.807) is 18.2 Å². The maximum Gasteiger partial charge on any atom is 0.274 e. The minimum atomic E-state index is -0.0728. The Morgan fingerprint density at radius 2 is 2.00 bits per heavy atom. The first-order chi connectivity index (χ1) is 11.5. The Bertz CT molecular complexity index is 716. The summed E-state index contributed by atoms with van der Waals surface area (Å²) >= 11 is 12.2. The van der Waals surface area contributed by atoms with Gasteiger partial charge in [-0.05, 0) is 30.9 Å². The second-order valence-electron chi connectivity index (χ2n) is 6.01. The molecule has 1 aromatic heterocycles. The number of carbonyl (C=O) groups is 1. The summed E-state index contributed by atoms with van der Waals surface area (Å²) in [6.07, 6.45) is 5.19. The van der Waals surface area contributed by atoms with Gasteiger partial charge in [0.2, 0.25) is 0 Å². The van der Waals surface area contributed by atoms with Crippen LogP contribution in [-0.4, -0.2) is 33.9 Å². The van der Waals surface area contributed by atoms with E-state index in [1.165, 1.54) is 12.4 Å². The molecule has 7 heteroatoms. The monoisotopic (exact) mass is 364 g/mol. The molecule has 1 saturated heterocycles. The number of rotatable bonds is 3. The van der Waals surface area contributed by atoms with Crippen LogP contribution in [-0.2, 0) is 0 Å². The van der Waals surface area contributed by atoms with Crippen molar-refractivity contribution in [1.82, 2.24) is 14.9 Å². The van der Waals surface area contributed by atoms with Gasteiger partial charge in [-0.3, -0.25) is 4.79 Å². The number of halogens is 2. The Morgan fingerprint density at radius 3 is 2.62 bits per heavy atom. The fraction of sp³-hybridized carbons (Fsp3) is 0.353. The number of likely N-dealkylation sites (tertiary alicyclic amines) is 1. The van der Waals surface area contributed by atoms with E-state index in [-0.39, 0.29) is 5.91 Å². The maximum absolute atomic E-state index is 12.5. The van der Waals surface area contributed by atoms with Crippen molar-refractivity contribution in [2.45, 2.75) is 19.8 Å². The predicted octanol–water partition coefficient (Wildman–Crippen LogP) is 4.40. The molecule has 1 N–H and O–H groups in total. The van der Waals surface area contributed by atoms with Gasteiger partial charge in [-0.2, -0.15) is 0 Å². The minimum absolute atomic E-state index is 0.0728. The van der Waals surface area contributed by atoms with Crippen molar-refractivity contribution < 1.29 is 4.79 Å². The first-order valence-electron chi connectivity index (χ1n) is 7.87. The molecule has 5 nitrogen and oxygen atoms in total. The molecule has 1 aliphatic rings. The van der Waals surface area contributed by atoms with Crippen molar-refractivity contribution in [3.63, 3.8) is 0 Å². The number of amides is 1. The first kappa shape index (κ1) is 17.0. The molecule has 1 fully saturated rings. The molecule has 1 aliphatic heterocycles. The van der Waals surface area contributed by atoms with Gasteiger partial charge in [-0.1, -0.05) is 36.2 Å². The molecule has 0 radical (unpaired) electrons. The molecule has 0 saturated carbocycles. The minimum Gasteiger partial charge on any atom is -0.337 e. The second-order valence-corrected chi connectivity index (χ2v) is 6.82. The molecule has 2 heterocycles. The van der Waals surface area contributed by atoms with Crippen molar-refractivity contribution in [1.29, 1.82) is 0 Å². The summed E-state index contributed by atoms with van der Waals surface area (Å²) in [5.41, 5.74) is 0.916. The third kappa shape index (κ3) is 3.79. The highest BCUT2D eigenvalue weighted by Crippen LogP contribution is 2.31. The van der Waals surface area contributed by atoms with Crippen LogP contribution in [0.2, 0.25) is 10.0 Å². The molecule has 0 aliphatic carbocycles. The molecular formula is C17H18Cl2N4O.